The molecule has 100 valence electrons. The second-order valence-electron chi connectivity index (χ2n) is 5.09. The molecular weight excluding hydrogens is 216 g/mol. The number of amides is 1. The number of carbonyl (C=O) groups excluding carboxylic acids is 1. The van der Waals surface area contributed by atoms with E-state index in [9.17, 15) is 4.79 Å². The number of piperidine rings is 1. The van der Waals surface area contributed by atoms with E-state index in [1.54, 1.807) is 0 Å². The van der Waals surface area contributed by atoms with Crippen LogP contribution in [-0.4, -0.2) is 60.1 Å². The summed E-state index contributed by atoms with van der Waals surface area (Å²) in [5.74, 6) is 0.851. The van der Waals surface area contributed by atoms with E-state index in [1.807, 2.05) is 9.80 Å². The van der Waals surface area contributed by atoms with Crippen LogP contribution in [0.4, 0.5) is 0 Å². The summed E-state index contributed by atoms with van der Waals surface area (Å²) in [7, 11) is 0. The number of nitrogens with zero attached hydrogens (tertiary/aromatic N) is 2. The van der Waals surface area contributed by atoms with E-state index in [0.29, 0.717) is 19.0 Å². The molecule has 1 amide bonds. The number of aliphatic hydroxyl groups is 1. The van der Waals surface area contributed by atoms with E-state index in [1.165, 1.54) is 6.42 Å². The highest BCUT2D eigenvalue weighted by Crippen LogP contribution is 2.15. The number of rotatable bonds is 6. The molecule has 1 saturated heterocycles. The zero-order valence-electron chi connectivity index (χ0n) is 11.2. The van der Waals surface area contributed by atoms with Crippen molar-refractivity contribution in [3.8, 4) is 0 Å². The quantitative estimate of drug-likeness (QED) is 0.754. The molecule has 0 aromatic heterocycles. The van der Waals surface area contributed by atoms with Crippen molar-refractivity contribution >= 4 is 5.91 Å². The van der Waals surface area contributed by atoms with E-state index in [-0.39, 0.29) is 12.5 Å². The van der Waals surface area contributed by atoms with Crippen LogP contribution in [0.15, 0.2) is 0 Å². The summed E-state index contributed by atoms with van der Waals surface area (Å²) >= 11 is 0. The molecule has 0 aliphatic carbocycles. The van der Waals surface area contributed by atoms with Gasteiger partial charge in [0.25, 0.3) is 0 Å². The van der Waals surface area contributed by atoms with Crippen molar-refractivity contribution in [3.05, 3.63) is 0 Å². The molecule has 1 aliphatic rings. The van der Waals surface area contributed by atoms with Gasteiger partial charge in [-0.05, 0) is 31.7 Å². The average Bonchev–Trinajstić information content (AvgIpc) is 2.29. The maximum absolute atomic E-state index is 12.1. The molecule has 0 bridgehead atoms. The fourth-order valence-corrected chi connectivity index (χ4v) is 2.43. The Hall–Kier alpha value is -0.610. The summed E-state index contributed by atoms with van der Waals surface area (Å²) < 4.78 is 0. The monoisotopic (exact) mass is 242 g/mol. The molecule has 4 nitrogen and oxygen atoms in total. The Morgan fingerprint density at radius 2 is 2.24 bits per heavy atom. The van der Waals surface area contributed by atoms with Crippen LogP contribution >= 0.6 is 0 Å². The molecule has 0 radical (unpaired) electrons. The summed E-state index contributed by atoms with van der Waals surface area (Å²) in [4.78, 5) is 16.1. The first kappa shape index (κ1) is 14.5. The van der Waals surface area contributed by atoms with Crippen molar-refractivity contribution in [1.82, 2.24) is 9.80 Å². The Morgan fingerprint density at radius 1 is 1.47 bits per heavy atom. The van der Waals surface area contributed by atoms with Crippen molar-refractivity contribution < 1.29 is 9.90 Å². The zero-order valence-corrected chi connectivity index (χ0v) is 11.2. The molecule has 0 unspecified atom stereocenters. The predicted molar refractivity (Wildman–Crippen MR) is 68.8 cm³/mol. The number of likely N-dealkylation sites (tertiary alicyclic amines) is 1. The van der Waals surface area contributed by atoms with Gasteiger partial charge >= 0.3 is 0 Å². The second kappa shape index (κ2) is 7.67. The number of carbonyl (C=O) groups is 1. The molecule has 1 fully saturated rings. The van der Waals surface area contributed by atoms with E-state index >= 15 is 0 Å². The fourth-order valence-electron chi connectivity index (χ4n) is 2.43. The topological polar surface area (TPSA) is 43.8 Å². The van der Waals surface area contributed by atoms with Crippen LogP contribution in [0.2, 0.25) is 0 Å². The smallest absolute Gasteiger partial charge is 0.236 e. The Bertz CT molecular complexity index is 227. The highest BCUT2D eigenvalue weighted by molar-refractivity contribution is 5.78. The van der Waals surface area contributed by atoms with E-state index in [0.717, 1.165) is 32.5 Å². The van der Waals surface area contributed by atoms with Gasteiger partial charge in [0.05, 0.1) is 13.2 Å². The van der Waals surface area contributed by atoms with Crippen molar-refractivity contribution in [1.29, 1.82) is 0 Å². The largest absolute Gasteiger partial charge is 0.395 e. The second-order valence-corrected chi connectivity index (χ2v) is 5.09. The molecule has 17 heavy (non-hydrogen) atoms. The SMILES string of the molecule is CCCN(CCO)CC(=O)N1CCC[C@@H](C)C1. The van der Waals surface area contributed by atoms with Gasteiger partial charge in [-0.3, -0.25) is 9.69 Å². The summed E-state index contributed by atoms with van der Waals surface area (Å²) in [6, 6.07) is 0. The molecule has 1 heterocycles. The summed E-state index contributed by atoms with van der Waals surface area (Å²) in [6.07, 6.45) is 3.38. The molecular formula is C13H26N2O2. The molecule has 1 atom stereocenters. The van der Waals surface area contributed by atoms with Crippen LogP contribution in [0, 0.1) is 5.92 Å². The van der Waals surface area contributed by atoms with Crippen LogP contribution in [0.3, 0.4) is 0 Å². The van der Waals surface area contributed by atoms with E-state index in [2.05, 4.69) is 13.8 Å². The van der Waals surface area contributed by atoms with Crippen LogP contribution < -0.4 is 0 Å². The van der Waals surface area contributed by atoms with Crippen molar-refractivity contribution in [2.75, 3.05) is 39.3 Å². The summed E-state index contributed by atoms with van der Waals surface area (Å²) in [5, 5.41) is 8.96. The Kier molecular flexibility index (Phi) is 6.52. The maximum atomic E-state index is 12.1. The van der Waals surface area contributed by atoms with Gasteiger partial charge in [-0.15, -0.1) is 0 Å². The Labute approximate surface area is 105 Å². The van der Waals surface area contributed by atoms with Gasteiger partial charge in [0.2, 0.25) is 5.91 Å². The molecule has 1 aliphatic heterocycles. The molecule has 0 saturated carbocycles. The van der Waals surface area contributed by atoms with Crippen LogP contribution in [-0.2, 0) is 4.79 Å². The lowest BCUT2D eigenvalue weighted by atomic mass is 10.0. The highest BCUT2D eigenvalue weighted by atomic mass is 16.3. The first-order valence-electron chi connectivity index (χ1n) is 6.78. The standard InChI is InChI=1S/C13H26N2O2/c1-3-6-14(8-9-16)11-13(17)15-7-4-5-12(2)10-15/h12,16H,3-11H2,1-2H3/t12-/m1/s1. The average molecular weight is 242 g/mol. The van der Waals surface area contributed by atoms with Gasteiger partial charge in [0.1, 0.15) is 0 Å². The first-order chi connectivity index (χ1) is 8.17. The van der Waals surface area contributed by atoms with E-state index in [4.69, 9.17) is 5.11 Å². The predicted octanol–water partition coefficient (Wildman–Crippen LogP) is 0.949. The lowest BCUT2D eigenvalue weighted by molar-refractivity contribution is -0.134. The lowest BCUT2D eigenvalue weighted by Gasteiger charge is -2.32. The molecule has 0 spiro atoms. The number of hydrogen-bond acceptors (Lipinski definition) is 3. The third-order valence-corrected chi connectivity index (χ3v) is 3.32. The highest BCUT2D eigenvalue weighted by Gasteiger charge is 2.22. The minimum atomic E-state index is 0.129. The maximum Gasteiger partial charge on any atom is 0.236 e. The van der Waals surface area contributed by atoms with E-state index < -0.39 is 0 Å². The first-order valence-corrected chi connectivity index (χ1v) is 6.78. The summed E-state index contributed by atoms with van der Waals surface area (Å²) in [5.41, 5.74) is 0. The fraction of sp³-hybridized carbons (Fsp3) is 0.923. The van der Waals surface area contributed by atoms with Crippen molar-refractivity contribution in [2.45, 2.75) is 33.1 Å². The van der Waals surface area contributed by atoms with Crippen LogP contribution in [0.5, 0.6) is 0 Å². The van der Waals surface area contributed by atoms with Crippen molar-refractivity contribution in [2.24, 2.45) is 5.92 Å². The van der Waals surface area contributed by atoms with Gasteiger partial charge < -0.3 is 10.0 Å². The number of aliphatic hydroxyl groups excluding tert-OH is 1. The van der Waals surface area contributed by atoms with Gasteiger partial charge in [0, 0.05) is 19.6 Å². The molecule has 1 rings (SSSR count). The van der Waals surface area contributed by atoms with Crippen molar-refractivity contribution in [3.63, 3.8) is 0 Å². The lowest BCUT2D eigenvalue weighted by Crippen LogP contribution is -2.45. The van der Waals surface area contributed by atoms with Gasteiger partial charge in [-0.25, -0.2) is 0 Å². The number of hydrogen-bond donors (Lipinski definition) is 1. The van der Waals surface area contributed by atoms with Gasteiger partial charge in [0.15, 0.2) is 0 Å². The minimum Gasteiger partial charge on any atom is -0.395 e. The zero-order chi connectivity index (χ0) is 12.7. The Morgan fingerprint density at radius 3 is 2.82 bits per heavy atom. The third-order valence-electron chi connectivity index (χ3n) is 3.32. The van der Waals surface area contributed by atoms with Gasteiger partial charge in [-0.2, -0.15) is 0 Å². The normalized spacial score (nSPS) is 20.9. The summed E-state index contributed by atoms with van der Waals surface area (Å²) in [6.45, 7) is 8.18. The van der Waals surface area contributed by atoms with Crippen LogP contribution in [0.1, 0.15) is 33.1 Å². The Balaban J connectivity index is 2.39. The molecule has 4 heteroatoms. The minimum absolute atomic E-state index is 0.129. The molecule has 0 aromatic carbocycles. The third kappa shape index (κ3) is 5.04. The van der Waals surface area contributed by atoms with Crippen LogP contribution in [0.25, 0.3) is 0 Å². The molecule has 0 aromatic rings. The molecule has 1 N–H and O–H groups in total. The van der Waals surface area contributed by atoms with Gasteiger partial charge in [-0.1, -0.05) is 13.8 Å².